The van der Waals surface area contributed by atoms with E-state index in [4.69, 9.17) is 9.97 Å². The number of likely N-dealkylation sites (N-methyl/N-ethyl adjacent to an activating group) is 1. The minimum atomic E-state index is 0.153. The summed E-state index contributed by atoms with van der Waals surface area (Å²) in [6.45, 7) is 3.74. The van der Waals surface area contributed by atoms with Crippen molar-refractivity contribution in [1.82, 2.24) is 9.97 Å². The fourth-order valence-corrected chi connectivity index (χ4v) is 4.65. The number of anilines is 1. The summed E-state index contributed by atoms with van der Waals surface area (Å²) in [5.41, 5.74) is 1.46. The van der Waals surface area contributed by atoms with Crippen LogP contribution in [0.25, 0.3) is 10.2 Å². The van der Waals surface area contributed by atoms with Gasteiger partial charge in [-0.1, -0.05) is 11.8 Å². The molecular weight excluding hydrogens is 302 g/mol. The number of thioether (sulfide) groups is 1. The summed E-state index contributed by atoms with van der Waals surface area (Å²) in [4.78, 5) is 14.3. The molecule has 2 heterocycles. The second-order valence-corrected chi connectivity index (χ2v) is 7.09. The van der Waals surface area contributed by atoms with Crippen molar-refractivity contribution in [2.24, 2.45) is 0 Å². The highest BCUT2D eigenvalue weighted by Gasteiger charge is 2.23. The Hall–Kier alpha value is -0.850. The lowest BCUT2D eigenvalue weighted by atomic mass is 9.97. The number of aromatic nitrogens is 2. The van der Waals surface area contributed by atoms with Crippen LogP contribution < -0.4 is 4.90 Å². The summed E-state index contributed by atoms with van der Waals surface area (Å²) in [5.74, 6) is 1.01. The molecule has 0 saturated carbocycles. The van der Waals surface area contributed by atoms with Gasteiger partial charge in [0.2, 0.25) is 0 Å². The Morgan fingerprint density at radius 2 is 2.10 bits per heavy atom. The highest BCUT2D eigenvalue weighted by Crippen LogP contribution is 2.40. The average molecular weight is 323 g/mol. The number of aliphatic hydroxyl groups is 1. The maximum atomic E-state index is 9.33. The van der Waals surface area contributed by atoms with Gasteiger partial charge < -0.3 is 10.0 Å². The molecule has 6 heteroatoms. The Bertz CT molecular complexity index is 641. The van der Waals surface area contributed by atoms with Gasteiger partial charge in [-0.2, -0.15) is 0 Å². The summed E-state index contributed by atoms with van der Waals surface area (Å²) < 4.78 is 0. The number of fused-ring (bicyclic) bond motifs is 3. The lowest BCUT2D eigenvalue weighted by Crippen LogP contribution is -2.27. The Labute approximate surface area is 133 Å². The predicted molar refractivity (Wildman–Crippen MR) is 90.8 cm³/mol. The zero-order valence-electron chi connectivity index (χ0n) is 12.6. The van der Waals surface area contributed by atoms with E-state index in [0.717, 1.165) is 28.8 Å². The number of thiophene rings is 1. The zero-order valence-corrected chi connectivity index (χ0v) is 14.2. The molecule has 0 spiro atoms. The summed E-state index contributed by atoms with van der Waals surface area (Å²) in [5, 5.41) is 11.4. The van der Waals surface area contributed by atoms with Gasteiger partial charge in [-0.05, 0) is 44.4 Å². The lowest BCUT2D eigenvalue weighted by molar-refractivity contribution is 0.302. The molecule has 2 aromatic heterocycles. The third kappa shape index (κ3) is 2.76. The van der Waals surface area contributed by atoms with Crippen molar-refractivity contribution >= 4 is 39.1 Å². The van der Waals surface area contributed by atoms with Crippen LogP contribution in [-0.4, -0.2) is 41.0 Å². The van der Waals surface area contributed by atoms with Crippen LogP contribution in [0, 0.1) is 0 Å². The van der Waals surface area contributed by atoms with E-state index in [9.17, 15) is 5.11 Å². The zero-order chi connectivity index (χ0) is 14.8. The molecule has 0 fully saturated rings. The van der Waals surface area contributed by atoms with Crippen LogP contribution in [0.15, 0.2) is 5.16 Å². The van der Waals surface area contributed by atoms with E-state index in [1.807, 2.05) is 17.6 Å². The van der Waals surface area contributed by atoms with Crippen LogP contribution in [0.1, 0.15) is 30.2 Å². The summed E-state index contributed by atoms with van der Waals surface area (Å²) in [6, 6.07) is 0. The molecule has 0 unspecified atom stereocenters. The Kier molecular flexibility index (Phi) is 4.66. The first-order valence-electron chi connectivity index (χ1n) is 7.50. The Morgan fingerprint density at radius 1 is 1.29 bits per heavy atom. The van der Waals surface area contributed by atoms with Crippen molar-refractivity contribution in [2.75, 3.05) is 30.9 Å². The fourth-order valence-electron chi connectivity index (χ4n) is 2.97. The second kappa shape index (κ2) is 6.50. The molecule has 0 radical (unpaired) electrons. The normalized spacial score (nSPS) is 14.4. The first kappa shape index (κ1) is 15.1. The molecule has 2 aromatic rings. The largest absolute Gasteiger partial charge is 0.395 e. The van der Waals surface area contributed by atoms with Crippen LogP contribution >= 0.6 is 23.1 Å². The molecule has 0 amide bonds. The van der Waals surface area contributed by atoms with Crippen LogP contribution in [0.3, 0.4) is 0 Å². The van der Waals surface area contributed by atoms with Gasteiger partial charge in [0.1, 0.15) is 10.6 Å². The van der Waals surface area contributed by atoms with Crippen molar-refractivity contribution in [3.63, 3.8) is 0 Å². The molecule has 0 aliphatic heterocycles. The Morgan fingerprint density at radius 3 is 2.81 bits per heavy atom. The summed E-state index contributed by atoms with van der Waals surface area (Å²) in [7, 11) is 0. The predicted octanol–water partition coefficient (Wildman–Crippen LogP) is 3.11. The number of aryl methyl sites for hydroxylation is 2. The summed E-state index contributed by atoms with van der Waals surface area (Å²) >= 11 is 3.42. The van der Waals surface area contributed by atoms with Gasteiger partial charge in [0.15, 0.2) is 5.16 Å². The van der Waals surface area contributed by atoms with E-state index in [1.54, 1.807) is 11.8 Å². The third-order valence-electron chi connectivity index (χ3n) is 4.01. The van der Waals surface area contributed by atoms with Gasteiger partial charge in [-0.25, -0.2) is 9.97 Å². The maximum Gasteiger partial charge on any atom is 0.190 e. The van der Waals surface area contributed by atoms with Gasteiger partial charge in [-0.3, -0.25) is 0 Å². The van der Waals surface area contributed by atoms with Gasteiger partial charge in [0.25, 0.3) is 0 Å². The second-order valence-electron chi connectivity index (χ2n) is 5.23. The molecule has 0 saturated heterocycles. The molecule has 0 bridgehead atoms. The maximum absolute atomic E-state index is 9.33. The van der Waals surface area contributed by atoms with Gasteiger partial charge in [-0.15, -0.1) is 11.3 Å². The van der Waals surface area contributed by atoms with Crippen LogP contribution in [0.4, 0.5) is 5.82 Å². The van der Waals surface area contributed by atoms with E-state index in [0.29, 0.717) is 6.54 Å². The number of nitrogens with zero attached hydrogens (tertiary/aromatic N) is 3. The standard InChI is InChI=1S/C15H21N3OS2/c1-3-18(8-9-19)13-12-10-6-4-5-7-11(10)21-14(12)17-15(16-13)20-2/h19H,3-9H2,1-2H3. The van der Waals surface area contributed by atoms with Gasteiger partial charge in [0.05, 0.1) is 12.0 Å². The lowest BCUT2D eigenvalue weighted by Gasteiger charge is -2.23. The van der Waals surface area contributed by atoms with Crippen molar-refractivity contribution < 1.29 is 5.11 Å². The molecule has 1 aliphatic rings. The first-order valence-corrected chi connectivity index (χ1v) is 9.54. The van der Waals surface area contributed by atoms with Crippen molar-refractivity contribution in [3.05, 3.63) is 10.4 Å². The molecule has 21 heavy (non-hydrogen) atoms. The van der Waals surface area contributed by atoms with E-state index in [2.05, 4.69) is 11.8 Å². The number of hydrogen-bond acceptors (Lipinski definition) is 6. The number of hydrogen-bond donors (Lipinski definition) is 1. The minimum Gasteiger partial charge on any atom is -0.395 e. The van der Waals surface area contributed by atoms with Crippen LogP contribution in [0.5, 0.6) is 0 Å². The van der Waals surface area contributed by atoms with Gasteiger partial charge >= 0.3 is 0 Å². The van der Waals surface area contributed by atoms with Crippen LogP contribution in [-0.2, 0) is 12.8 Å². The fraction of sp³-hybridized carbons (Fsp3) is 0.600. The molecule has 0 aromatic carbocycles. The smallest absolute Gasteiger partial charge is 0.190 e. The molecule has 3 rings (SSSR count). The van der Waals surface area contributed by atoms with E-state index < -0.39 is 0 Å². The van der Waals surface area contributed by atoms with Crippen molar-refractivity contribution in [3.8, 4) is 0 Å². The molecular formula is C15H21N3OS2. The quantitative estimate of drug-likeness (QED) is 0.677. The molecule has 0 atom stereocenters. The SMILES string of the molecule is CCN(CCO)c1nc(SC)nc2sc3c(c12)CCCC3. The minimum absolute atomic E-state index is 0.153. The van der Waals surface area contributed by atoms with Crippen molar-refractivity contribution in [1.29, 1.82) is 0 Å². The molecule has 114 valence electrons. The number of aliphatic hydroxyl groups excluding tert-OH is 1. The molecule has 1 N–H and O–H groups in total. The highest BCUT2D eigenvalue weighted by molar-refractivity contribution is 7.98. The van der Waals surface area contributed by atoms with E-state index in [-0.39, 0.29) is 6.61 Å². The highest BCUT2D eigenvalue weighted by atomic mass is 32.2. The monoisotopic (exact) mass is 323 g/mol. The van der Waals surface area contributed by atoms with E-state index >= 15 is 0 Å². The number of rotatable bonds is 5. The van der Waals surface area contributed by atoms with Crippen molar-refractivity contribution in [2.45, 2.75) is 37.8 Å². The molecule has 4 nitrogen and oxygen atoms in total. The first-order chi connectivity index (χ1) is 10.3. The average Bonchev–Trinajstić information content (AvgIpc) is 2.90. The third-order valence-corrected chi connectivity index (χ3v) is 5.74. The Balaban J connectivity index is 2.21. The van der Waals surface area contributed by atoms with Gasteiger partial charge in [0, 0.05) is 18.0 Å². The molecule has 1 aliphatic carbocycles. The van der Waals surface area contributed by atoms with Crippen LogP contribution in [0.2, 0.25) is 0 Å². The van der Waals surface area contributed by atoms with E-state index in [1.165, 1.54) is 35.1 Å². The summed E-state index contributed by atoms with van der Waals surface area (Å²) in [6.07, 6.45) is 6.87. The topological polar surface area (TPSA) is 49.2 Å².